The van der Waals surface area contributed by atoms with Crippen LogP contribution in [0.15, 0.2) is 28.7 Å². The summed E-state index contributed by atoms with van der Waals surface area (Å²) in [5.74, 6) is -0.721. The zero-order valence-electron chi connectivity index (χ0n) is 11.9. The molecule has 1 aromatic rings. The summed E-state index contributed by atoms with van der Waals surface area (Å²) in [4.78, 5) is 25.9. The second-order valence-corrected chi connectivity index (χ2v) is 7.35. The van der Waals surface area contributed by atoms with Gasteiger partial charge in [-0.15, -0.1) is 0 Å². The lowest BCUT2D eigenvalue weighted by Gasteiger charge is -2.25. The first-order chi connectivity index (χ1) is 9.87. The number of likely N-dealkylation sites (tertiary alicyclic amines) is 1. The third-order valence-electron chi connectivity index (χ3n) is 4.83. The number of carboxylic acids is 1. The zero-order valence-corrected chi connectivity index (χ0v) is 13.5. The van der Waals surface area contributed by atoms with Crippen LogP contribution in [0.25, 0.3) is 0 Å². The highest BCUT2D eigenvalue weighted by Crippen LogP contribution is 2.50. The van der Waals surface area contributed by atoms with Gasteiger partial charge in [0.2, 0.25) is 5.91 Å². The summed E-state index contributed by atoms with van der Waals surface area (Å²) < 4.78 is 0.995. The van der Waals surface area contributed by atoms with Crippen molar-refractivity contribution in [2.75, 3.05) is 13.1 Å². The number of carboxylic acid groups (broad SMARTS) is 1. The largest absolute Gasteiger partial charge is 0.481 e. The molecule has 1 heterocycles. The number of nitrogens with zero attached hydrogens (tertiary/aromatic N) is 1. The van der Waals surface area contributed by atoms with Crippen molar-refractivity contribution in [1.29, 1.82) is 0 Å². The Balaban J connectivity index is 1.80. The molecule has 2 fully saturated rings. The lowest BCUT2D eigenvalue weighted by molar-refractivity contribution is -0.147. The Morgan fingerprint density at radius 3 is 2.29 bits per heavy atom. The summed E-state index contributed by atoms with van der Waals surface area (Å²) in [7, 11) is 0. The molecule has 4 nitrogen and oxygen atoms in total. The summed E-state index contributed by atoms with van der Waals surface area (Å²) in [5.41, 5.74) is -0.171. The molecule has 0 bridgehead atoms. The molecule has 112 valence electrons. The Kier molecular flexibility index (Phi) is 3.35. The molecular formula is C16H18BrNO3. The van der Waals surface area contributed by atoms with Gasteiger partial charge in [-0.25, -0.2) is 0 Å². The molecule has 1 saturated carbocycles. The van der Waals surface area contributed by atoms with E-state index in [0.29, 0.717) is 19.5 Å². The second kappa shape index (κ2) is 4.83. The quantitative estimate of drug-likeness (QED) is 0.910. The van der Waals surface area contributed by atoms with E-state index in [4.69, 9.17) is 0 Å². The predicted octanol–water partition coefficient (Wildman–Crippen LogP) is 2.80. The van der Waals surface area contributed by atoms with Gasteiger partial charge in [-0.2, -0.15) is 0 Å². The van der Waals surface area contributed by atoms with E-state index < -0.39 is 16.8 Å². The predicted molar refractivity (Wildman–Crippen MR) is 82.0 cm³/mol. The fourth-order valence-electron chi connectivity index (χ4n) is 3.13. The summed E-state index contributed by atoms with van der Waals surface area (Å²) in [6.07, 6.45) is 2.24. The van der Waals surface area contributed by atoms with Gasteiger partial charge in [-0.05, 0) is 43.9 Å². The number of carbonyl (C=O) groups is 2. The molecule has 1 saturated heterocycles. The maximum absolute atomic E-state index is 12.8. The fraction of sp³-hybridized carbons (Fsp3) is 0.500. The standard InChI is InChI=1S/C16H18BrNO3/c1-15(14(20)21)8-9-18(10-15)13(19)16(6-7-16)11-2-4-12(17)5-3-11/h2-5H,6-10H2,1H3,(H,20,21)/t15-/m1/s1. The maximum atomic E-state index is 12.8. The van der Waals surface area contributed by atoms with Crippen LogP contribution in [-0.4, -0.2) is 35.0 Å². The Bertz CT molecular complexity index is 594. The summed E-state index contributed by atoms with van der Waals surface area (Å²) in [6, 6.07) is 7.88. The minimum Gasteiger partial charge on any atom is -0.481 e. The van der Waals surface area contributed by atoms with Gasteiger partial charge in [0.25, 0.3) is 0 Å². The van der Waals surface area contributed by atoms with Crippen LogP contribution in [-0.2, 0) is 15.0 Å². The van der Waals surface area contributed by atoms with Crippen molar-refractivity contribution in [3.63, 3.8) is 0 Å². The van der Waals surface area contributed by atoms with Gasteiger partial charge >= 0.3 is 5.97 Å². The van der Waals surface area contributed by atoms with E-state index in [1.54, 1.807) is 11.8 Å². The highest BCUT2D eigenvalue weighted by atomic mass is 79.9. The number of halogens is 1. The molecule has 3 rings (SSSR count). The Morgan fingerprint density at radius 1 is 1.19 bits per heavy atom. The fourth-order valence-corrected chi connectivity index (χ4v) is 3.40. The molecule has 1 aliphatic heterocycles. The van der Waals surface area contributed by atoms with E-state index in [9.17, 15) is 14.7 Å². The number of carbonyl (C=O) groups excluding carboxylic acids is 1. The number of benzene rings is 1. The zero-order chi connectivity index (χ0) is 15.3. The van der Waals surface area contributed by atoms with E-state index in [1.807, 2.05) is 24.3 Å². The third-order valence-corrected chi connectivity index (χ3v) is 5.36. The molecule has 0 radical (unpaired) electrons. The van der Waals surface area contributed by atoms with E-state index in [1.165, 1.54) is 0 Å². The molecule has 5 heteroatoms. The Hall–Kier alpha value is -1.36. The smallest absolute Gasteiger partial charge is 0.311 e. The Labute approximate surface area is 132 Å². The van der Waals surface area contributed by atoms with E-state index >= 15 is 0 Å². The van der Waals surface area contributed by atoms with Crippen LogP contribution in [0, 0.1) is 5.41 Å². The van der Waals surface area contributed by atoms with Gasteiger partial charge in [0, 0.05) is 17.6 Å². The van der Waals surface area contributed by atoms with Crippen molar-refractivity contribution in [1.82, 2.24) is 4.90 Å². The molecule has 2 aliphatic rings. The Morgan fingerprint density at radius 2 is 1.81 bits per heavy atom. The lowest BCUT2D eigenvalue weighted by Crippen LogP contribution is -2.40. The van der Waals surface area contributed by atoms with Crippen molar-refractivity contribution in [3.05, 3.63) is 34.3 Å². The maximum Gasteiger partial charge on any atom is 0.311 e. The summed E-state index contributed by atoms with van der Waals surface area (Å²) in [6.45, 7) is 2.58. The first-order valence-electron chi connectivity index (χ1n) is 7.16. The molecule has 1 amide bonds. The molecule has 1 atom stereocenters. The summed E-state index contributed by atoms with van der Waals surface area (Å²) in [5, 5.41) is 9.29. The van der Waals surface area contributed by atoms with Gasteiger partial charge in [0.15, 0.2) is 0 Å². The van der Waals surface area contributed by atoms with Crippen molar-refractivity contribution in [2.24, 2.45) is 5.41 Å². The second-order valence-electron chi connectivity index (χ2n) is 6.43. The minimum absolute atomic E-state index is 0.0924. The average molecular weight is 352 g/mol. The molecular weight excluding hydrogens is 334 g/mol. The first-order valence-corrected chi connectivity index (χ1v) is 7.96. The number of aliphatic carboxylic acids is 1. The monoisotopic (exact) mass is 351 g/mol. The first kappa shape index (κ1) is 14.6. The molecule has 0 spiro atoms. The normalized spacial score (nSPS) is 26.7. The molecule has 0 unspecified atom stereocenters. The van der Waals surface area contributed by atoms with Crippen molar-refractivity contribution in [3.8, 4) is 0 Å². The van der Waals surface area contributed by atoms with Crippen molar-refractivity contribution in [2.45, 2.75) is 31.6 Å². The van der Waals surface area contributed by atoms with Crippen molar-refractivity contribution < 1.29 is 14.7 Å². The van der Waals surface area contributed by atoms with Crippen LogP contribution >= 0.6 is 15.9 Å². The van der Waals surface area contributed by atoms with Crippen LogP contribution in [0.2, 0.25) is 0 Å². The average Bonchev–Trinajstić information content (AvgIpc) is 3.16. The molecule has 1 N–H and O–H groups in total. The summed E-state index contributed by atoms with van der Waals surface area (Å²) >= 11 is 3.41. The van der Waals surface area contributed by atoms with Crippen LogP contribution in [0.3, 0.4) is 0 Å². The topological polar surface area (TPSA) is 57.6 Å². The molecule has 1 aliphatic carbocycles. The van der Waals surface area contributed by atoms with Crippen LogP contribution in [0.1, 0.15) is 31.7 Å². The third kappa shape index (κ3) is 2.37. The van der Waals surface area contributed by atoms with Gasteiger partial charge < -0.3 is 10.0 Å². The number of amides is 1. The molecule has 1 aromatic carbocycles. The SMILES string of the molecule is C[C@@]1(C(=O)O)CCN(C(=O)C2(c3ccc(Br)cc3)CC2)C1. The lowest BCUT2D eigenvalue weighted by atomic mass is 9.90. The minimum atomic E-state index is -0.814. The number of hydrogen-bond donors (Lipinski definition) is 1. The van der Waals surface area contributed by atoms with Crippen LogP contribution in [0.4, 0.5) is 0 Å². The van der Waals surface area contributed by atoms with Gasteiger partial charge in [-0.3, -0.25) is 9.59 Å². The highest BCUT2D eigenvalue weighted by Gasteiger charge is 2.55. The van der Waals surface area contributed by atoms with Gasteiger partial charge in [0.05, 0.1) is 10.8 Å². The van der Waals surface area contributed by atoms with E-state index in [2.05, 4.69) is 15.9 Å². The number of hydrogen-bond acceptors (Lipinski definition) is 2. The molecule has 21 heavy (non-hydrogen) atoms. The van der Waals surface area contributed by atoms with Gasteiger partial charge in [-0.1, -0.05) is 28.1 Å². The van der Waals surface area contributed by atoms with E-state index in [0.717, 1.165) is 22.9 Å². The number of rotatable bonds is 3. The van der Waals surface area contributed by atoms with Crippen LogP contribution < -0.4 is 0 Å². The van der Waals surface area contributed by atoms with Gasteiger partial charge in [0.1, 0.15) is 0 Å². The van der Waals surface area contributed by atoms with Crippen molar-refractivity contribution >= 4 is 27.8 Å². The van der Waals surface area contributed by atoms with E-state index in [-0.39, 0.29) is 5.91 Å². The molecule has 0 aromatic heterocycles. The van der Waals surface area contributed by atoms with Crippen LogP contribution in [0.5, 0.6) is 0 Å². The highest BCUT2D eigenvalue weighted by molar-refractivity contribution is 9.10.